The summed E-state index contributed by atoms with van der Waals surface area (Å²) in [6.45, 7) is 1.14. The summed E-state index contributed by atoms with van der Waals surface area (Å²) in [5.41, 5.74) is 2.62. The van der Waals surface area contributed by atoms with Crippen LogP contribution in [0.5, 0.6) is 0 Å². The highest BCUT2D eigenvalue weighted by Crippen LogP contribution is 2.43. The second-order valence-corrected chi connectivity index (χ2v) is 14.5. The summed E-state index contributed by atoms with van der Waals surface area (Å²) in [4.78, 5) is 14.1. The van der Waals surface area contributed by atoms with Crippen molar-refractivity contribution in [3.05, 3.63) is 47.2 Å². The first-order valence-corrected chi connectivity index (χ1v) is 18.1. The second kappa shape index (κ2) is 21.4. The van der Waals surface area contributed by atoms with Gasteiger partial charge in [-0.3, -0.25) is 22.7 Å². The van der Waals surface area contributed by atoms with E-state index in [0.717, 1.165) is 37.8 Å². The highest BCUT2D eigenvalue weighted by molar-refractivity contribution is 7.47. The van der Waals surface area contributed by atoms with Crippen LogP contribution >= 0.6 is 7.82 Å². The summed E-state index contributed by atoms with van der Waals surface area (Å²) in [6.07, 6.45) is 31.4. The van der Waals surface area contributed by atoms with Crippen molar-refractivity contribution in [1.29, 1.82) is 0 Å². The third kappa shape index (κ3) is 18.9. The Morgan fingerprint density at radius 3 is 1.91 bits per heavy atom. The fourth-order valence-electron chi connectivity index (χ4n) is 5.24. The average Bonchev–Trinajstić information content (AvgIpc) is 3.59. The molecular formula is C33H57BF2N2O4P+. The van der Waals surface area contributed by atoms with Crippen molar-refractivity contribution in [1.82, 2.24) is 0 Å². The summed E-state index contributed by atoms with van der Waals surface area (Å²) in [5, 5.41) is 0. The predicted octanol–water partition coefficient (Wildman–Crippen LogP) is 9.65. The molecule has 0 bridgehead atoms. The molecule has 0 aromatic carbocycles. The molecule has 2 atom stereocenters. The van der Waals surface area contributed by atoms with Gasteiger partial charge in [-0.15, -0.1) is 0 Å². The van der Waals surface area contributed by atoms with Crippen LogP contribution in [0.4, 0.5) is 8.63 Å². The van der Waals surface area contributed by atoms with Gasteiger partial charge in [-0.2, -0.15) is 0 Å². The van der Waals surface area contributed by atoms with Crippen molar-refractivity contribution < 1.29 is 31.6 Å². The zero-order valence-corrected chi connectivity index (χ0v) is 27.9. The summed E-state index contributed by atoms with van der Waals surface area (Å²) in [6, 6.07) is 0. The molecule has 0 spiro atoms. The molecule has 0 saturated heterocycles. The first-order chi connectivity index (χ1) is 20.6. The van der Waals surface area contributed by atoms with Gasteiger partial charge in [0.2, 0.25) is 0 Å². The lowest BCUT2D eigenvalue weighted by Crippen LogP contribution is -2.37. The van der Waals surface area contributed by atoms with E-state index in [2.05, 4.69) is 4.99 Å². The number of phosphoric acid groups is 1. The summed E-state index contributed by atoms with van der Waals surface area (Å²) < 4.78 is 48.8. The van der Waals surface area contributed by atoms with Gasteiger partial charge in [-0.25, -0.2) is 4.57 Å². The number of allylic oxidation sites excluding steroid dienone is 7. The molecule has 10 heteroatoms. The van der Waals surface area contributed by atoms with Crippen LogP contribution in [-0.2, 0) is 13.6 Å². The number of unbranched alkanes of at least 4 members (excludes halogenated alkanes) is 15. The number of halogens is 2. The number of quaternary nitrogens is 1. The maximum atomic E-state index is 13.1. The molecule has 244 valence electrons. The maximum Gasteiger partial charge on any atom is 0.549 e. The van der Waals surface area contributed by atoms with Gasteiger partial charge in [0.05, 0.1) is 33.4 Å². The third-order valence-electron chi connectivity index (χ3n) is 7.92. The van der Waals surface area contributed by atoms with Crippen LogP contribution in [0.15, 0.2) is 52.2 Å². The first-order valence-electron chi connectivity index (χ1n) is 16.6. The van der Waals surface area contributed by atoms with Gasteiger partial charge in [0.1, 0.15) is 13.2 Å². The average molecular weight is 626 g/mol. The molecule has 6 nitrogen and oxygen atoms in total. The topological polar surface area (TPSA) is 68.1 Å². The van der Waals surface area contributed by atoms with Crippen LogP contribution in [0.1, 0.15) is 109 Å². The zero-order chi connectivity index (χ0) is 31.4. The number of phosphoric ester groups is 1. The fraction of sp³-hybridized carbons (Fsp3) is 0.727. The number of nitrogens with zero attached hydrogens (tertiary/aromatic N) is 2. The van der Waals surface area contributed by atoms with Crippen molar-refractivity contribution in [2.45, 2.75) is 115 Å². The fourth-order valence-corrected chi connectivity index (χ4v) is 5.99. The van der Waals surface area contributed by atoms with E-state index in [1.807, 2.05) is 33.4 Å². The van der Waals surface area contributed by atoms with E-state index in [1.54, 1.807) is 24.3 Å². The summed E-state index contributed by atoms with van der Waals surface area (Å²) in [7, 11) is -0.265. The Kier molecular flexibility index (Phi) is 18.8. The van der Waals surface area contributed by atoms with Crippen LogP contribution in [0.25, 0.3) is 0 Å². The Bertz CT molecular complexity index is 992. The van der Waals surface area contributed by atoms with Gasteiger partial charge < -0.3 is 9.38 Å². The SMILES string of the molecule is C[N+](C)(C)CCOP(=O)(O)OCCCCCCCCCCCCCCCCCCC1=C/C(=C/C2=CC=CC2B(F)F)N=C1. The minimum atomic E-state index is -3.92. The van der Waals surface area contributed by atoms with Gasteiger partial charge in [0, 0.05) is 12.0 Å². The quantitative estimate of drug-likeness (QED) is 0.0450. The van der Waals surface area contributed by atoms with E-state index in [0.29, 0.717) is 16.6 Å². The van der Waals surface area contributed by atoms with E-state index >= 15 is 0 Å². The van der Waals surface area contributed by atoms with Crippen LogP contribution < -0.4 is 0 Å². The van der Waals surface area contributed by atoms with Crippen molar-refractivity contribution in [3.63, 3.8) is 0 Å². The molecule has 0 aromatic heterocycles. The lowest BCUT2D eigenvalue weighted by molar-refractivity contribution is -0.870. The molecule has 1 N–H and O–H groups in total. The van der Waals surface area contributed by atoms with E-state index in [4.69, 9.17) is 9.05 Å². The predicted molar refractivity (Wildman–Crippen MR) is 177 cm³/mol. The molecule has 0 fully saturated rings. The smallest absolute Gasteiger partial charge is 0.329 e. The summed E-state index contributed by atoms with van der Waals surface area (Å²) >= 11 is 0. The Morgan fingerprint density at radius 2 is 1.37 bits per heavy atom. The number of rotatable bonds is 26. The molecule has 0 aromatic rings. The molecule has 2 rings (SSSR count). The van der Waals surface area contributed by atoms with Crippen molar-refractivity contribution in [2.75, 3.05) is 40.9 Å². The molecule has 0 saturated carbocycles. The highest BCUT2D eigenvalue weighted by Gasteiger charge is 2.29. The Labute approximate surface area is 260 Å². The Hall–Kier alpha value is -1.38. The number of hydrogen-bond donors (Lipinski definition) is 1. The molecule has 1 aliphatic heterocycles. The standard InChI is InChI=1S/C33H56BF2N2O4P/c1-38(2,3)24-26-42-43(39,40)41-25-19-17-15-13-11-9-7-5-4-6-8-10-12-14-16-18-21-30-27-32(37-29-30)28-31-22-20-23-33(31)34(35)36/h20,22-23,27-29,33H,4-19,21,24-26H2,1-3H3/p+1/b32-28-. The van der Waals surface area contributed by atoms with Crippen LogP contribution in [0.3, 0.4) is 0 Å². The Balaban J connectivity index is 1.31. The molecule has 0 radical (unpaired) electrons. The third-order valence-corrected chi connectivity index (χ3v) is 8.94. The van der Waals surface area contributed by atoms with Gasteiger partial charge in [-0.1, -0.05) is 108 Å². The molecular weight excluding hydrogens is 568 g/mol. The van der Waals surface area contributed by atoms with Gasteiger partial charge in [-0.05, 0) is 42.6 Å². The van der Waals surface area contributed by atoms with Crippen LogP contribution in [0, 0.1) is 0 Å². The summed E-state index contributed by atoms with van der Waals surface area (Å²) in [5.74, 6) is -0.804. The van der Waals surface area contributed by atoms with Gasteiger partial charge >= 0.3 is 15.1 Å². The van der Waals surface area contributed by atoms with Crippen molar-refractivity contribution >= 4 is 21.3 Å². The minimum Gasteiger partial charge on any atom is -0.329 e. The largest absolute Gasteiger partial charge is 0.549 e. The molecule has 2 aliphatic rings. The lowest BCUT2D eigenvalue weighted by atomic mass is 9.74. The van der Waals surface area contributed by atoms with Gasteiger partial charge in [0.25, 0.3) is 0 Å². The van der Waals surface area contributed by atoms with Crippen molar-refractivity contribution in [2.24, 2.45) is 4.99 Å². The van der Waals surface area contributed by atoms with E-state index < -0.39 is 20.9 Å². The normalized spacial score (nSPS) is 18.8. The van der Waals surface area contributed by atoms with E-state index in [-0.39, 0.29) is 13.2 Å². The molecule has 0 amide bonds. The number of likely N-dealkylation sites (N-methyl/N-ethyl adjacent to an activating group) is 1. The lowest BCUT2D eigenvalue weighted by Gasteiger charge is -2.24. The van der Waals surface area contributed by atoms with Crippen LogP contribution in [0.2, 0.25) is 5.82 Å². The van der Waals surface area contributed by atoms with E-state index in [1.165, 1.54) is 82.6 Å². The highest BCUT2D eigenvalue weighted by atomic mass is 31.2. The molecule has 1 aliphatic carbocycles. The Morgan fingerprint density at radius 1 is 0.860 bits per heavy atom. The molecule has 1 heterocycles. The number of hydrogen-bond acceptors (Lipinski definition) is 4. The van der Waals surface area contributed by atoms with Crippen LogP contribution in [-0.4, -0.2) is 63.8 Å². The van der Waals surface area contributed by atoms with E-state index in [9.17, 15) is 18.1 Å². The monoisotopic (exact) mass is 625 g/mol. The zero-order valence-electron chi connectivity index (χ0n) is 27.0. The minimum absolute atomic E-state index is 0.212. The van der Waals surface area contributed by atoms with Gasteiger partial charge in [0.15, 0.2) is 0 Å². The molecule has 2 unspecified atom stereocenters. The second-order valence-electron chi connectivity index (χ2n) is 13.0. The number of aliphatic imine (C=N–C) groups is 1. The maximum absolute atomic E-state index is 13.1. The molecule has 43 heavy (non-hydrogen) atoms. The van der Waals surface area contributed by atoms with Crippen molar-refractivity contribution in [3.8, 4) is 0 Å². The first kappa shape index (κ1) is 37.8.